The number of rotatable bonds is 7. The van der Waals surface area contributed by atoms with Crippen molar-refractivity contribution in [2.75, 3.05) is 6.61 Å². The molecule has 1 aromatic heterocycles. The molecule has 0 aliphatic heterocycles. The van der Waals surface area contributed by atoms with Crippen molar-refractivity contribution in [3.05, 3.63) is 68.1 Å². The zero-order chi connectivity index (χ0) is 16.8. The molecule has 0 N–H and O–H groups in total. The Labute approximate surface area is 134 Å². The molecule has 0 amide bonds. The van der Waals surface area contributed by atoms with Crippen LogP contribution in [0, 0.1) is 24.0 Å². The average molecular weight is 316 g/mol. The van der Waals surface area contributed by atoms with Gasteiger partial charge in [0, 0.05) is 18.2 Å². The smallest absolute Gasteiger partial charge is 0.286 e. The molecule has 0 spiro atoms. The maximum atomic E-state index is 12.0. The van der Waals surface area contributed by atoms with E-state index < -0.39 is 4.92 Å². The minimum Gasteiger partial charge on any atom is -0.494 e. The quantitative estimate of drug-likeness (QED) is 0.446. The number of pyridine rings is 1. The van der Waals surface area contributed by atoms with Gasteiger partial charge in [0.15, 0.2) is 0 Å². The second-order valence-electron chi connectivity index (χ2n) is 5.51. The van der Waals surface area contributed by atoms with Crippen LogP contribution in [0.25, 0.3) is 0 Å². The molecule has 0 radical (unpaired) electrons. The lowest BCUT2D eigenvalue weighted by molar-refractivity contribution is -0.385. The minimum atomic E-state index is -0.483. The second kappa shape index (κ2) is 7.58. The first-order valence-corrected chi connectivity index (χ1v) is 7.52. The van der Waals surface area contributed by atoms with Crippen LogP contribution in [0.5, 0.6) is 5.75 Å². The van der Waals surface area contributed by atoms with Gasteiger partial charge in [-0.05, 0) is 38.8 Å². The number of ether oxygens (including phenoxy) is 1. The Morgan fingerprint density at radius 3 is 2.52 bits per heavy atom. The zero-order valence-electron chi connectivity index (χ0n) is 13.3. The Morgan fingerprint density at radius 1 is 1.17 bits per heavy atom. The van der Waals surface area contributed by atoms with E-state index in [4.69, 9.17) is 4.74 Å². The van der Waals surface area contributed by atoms with E-state index in [1.54, 1.807) is 6.92 Å². The van der Waals surface area contributed by atoms with E-state index >= 15 is 0 Å². The van der Waals surface area contributed by atoms with Crippen LogP contribution in [-0.2, 0) is 6.54 Å². The first-order valence-electron chi connectivity index (χ1n) is 7.52. The fraction of sp³-hybridized carbons (Fsp3) is 0.353. The van der Waals surface area contributed by atoms with Crippen LogP contribution in [-0.4, -0.2) is 16.1 Å². The molecule has 6 nitrogen and oxygen atoms in total. The maximum Gasteiger partial charge on any atom is 0.286 e. The van der Waals surface area contributed by atoms with Gasteiger partial charge in [0.2, 0.25) is 0 Å². The summed E-state index contributed by atoms with van der Waals surface area (Å²) < 4.78 is 7.02. The van der Waals surface area contributed by atoms with E-state index in [1.165, 1.54) is 22.4 Å². The molecule has 1 heterocycles. The average Bonchev–Trinajstić information content (AvgIpc) is 2.52. The number of hydrogen-bond donors (Lipinski definition) is 0. The number of aryl methyl sites for hydroxylation is 3. The molecule has 23 heavy (non-hydrogen) atoms. The van der Waals surface area contributed by atoms with Crippen molar-refractivity contribution in [1.29, 1.82) is 0 Å². The molecule has 0 aliphatic carbocycles. The molecule has 0 aliphatic rings. The van der Waals surface area contributed by atoms with Crippen molar-refractivity contribution in [3.63, 3.8) is 0 Å². The van der Waals surface area contributed by atoms with Crippen molar-refractivity contribution < 1.29 is 9.66 Å². The fourth-order valence-electron chi connectivity index (χ4n) is 2.24. The molecular weight excluding hydrogens is 296 g/mol. The zero-order valence-corrected chi connectivity index (χ0v) is 13.3. The summed E-state index contributed by atoms with van der Waals surface area (Å²) in [6.07, 6.45) is 2.78. The Hall–Kier alpha value is -2.63. The largest absolute Gasteiger partial charge is 0.494 e. The van der Waals surface area contributed by atoms with Crippen molar-refractivity contribution in [1.82, 2.24) is 4.57 Å². The summed E-state index contributed by atoms with van der Waals surface area (Å²) in [5.41, 5.74) is 1.32. The SMILES string of the molecule is Cc1ccc(OCCCCn2cc([N+](=O)[O-])cc(C)c2=O)cc1. The highest BCUT2D eigenvalue weighted by Gasteiger charge is 2.10. The van der Waals surface area contributed by atoms with Gasteiger partial charge in [-0.2, -0.15) is 0 Å². The summed E-state index contributed by atoms with van der Waals surface area (Å²) in [7, 11) is 0. The minimum absolute atomic E-state index is 0.0574. The molecule has 0 bridgehead atoms. The van der Waals surface area contributed by atoms with Crippen LogP contribution in [0.15, 0.2) is 41.3 Å². The van der Waals surface area contributed by atoms with Crippen molar-refractivity contribution in [3.8, 4) is 5.75 Å². The number of nitrogens with zero attached hydrogens (tertiary/aromatic N) is 2. The van der Waals surface area contributed by atoms with Crippen LogP contribution in [0.1, 0.15) is 24.0 Å². The van der Waals surface area contributed by atoms with Crippen LogP contribution in [0.4, 0.5) is 5.69 Å². The molecule has 2 aromatic rings. The summed E-state index contributed by atoms with van der Waals surface area (Å²) in [6.45, 7) is 4.60. The van der Waals surface area contributed by atoms with Gasteiger partial charge in [-0.1, -0.05) is 17.7 Å². The summed E-state index contributed by atoms with van der Waals surface area (Å²) >= 11 is 0. The van der Waals surface area contributed by atoms with E-state index in [0.29, 0.717) is 25.1 Å². The number of aromatic nitrogens is 1. The predicted octanol–water partition coefficient (Wildman–Crippen LogP) is 3.23. The lowest BCUT2D eigenvalue weighted by Gasteiger charge is -2.08. The Kier molecular flexibility index (Phi) is 5.51. The van der Waals surface area contributed by atoms with Gasteiger partial charge in [0.25, 0.3) is 11.2 Å². The molecular formula is C17H20N2O4. The van der Waals surface area contributed by atoms with Crippen LogP contribution in [0.3, 0.4) is 0 Å². The number of hydrogen-bond acceptors (Lipinski definition) is 4. The van der Waals surface area contributed by atoms with Crippen LogP contribution >= 0.6 is 0 Å². The molecule has 0 unspecified atom stereocenters. The summed E-state index contributed by atoms with van der Waals surface area (Å²) in [4.78, 5) is 22.3. The molecule has 0 saturated heterocycles. The first kappa shape index (κ1) is 16.7. The number of nitro groups is 1. The van der Waals surface area contributed by atoms with Crippen LogP contribution < -0.4 is 10.3 Å². The Balaban J connectivity index is 1.85. The topological polar surface area (TPSA) is 74.4 Å². The highest BCUT2D eigenvalue weighted by molar-refractivity contribution is 5.30. The van der Waals surface area contributed by atoms with E-state index in [0.717, 1.165) is 12.2 Å². The van der Waals surface area contributed by atoms with E-state index in [-0.39, 0.29) is 11.2 Å². The highest BCUT2D eigenvalue weighted by Crippen LogP contribution is 2.12. The van der Waals surface area contributed by atoms with Gasteiger partial charge in [-0.3, -0.25) is 14.9 Å². The molecule has 0 atom stereocenters. The third-order valence-electron chi connectivity index (χ3n) is 3.54. The molecule has 0 fully saturated rings. The van der Waals surface area contributed by atoms with E-state index in [1.807, 2.05) is 31.2 Å². The second-order valence-corrected chi connectivity index (χ2v) is 5.51. The lowest BCUT2D eigenvalue weighted by Crippen LogP contribution is -2.22. The third-order valence-corrected chi connectivity index (χ3v) is 3.54. The first-order chi connectivity index (χ1) is 11.0. The molecule has 1 aromatic carbocycles. The summed E-state index contributed by atoms with van der Waals surface area (Å²) in [6, 6.07) is 9.12. The molecule has 0 saturated carbocycles. The van der Waals surface area contributed by atoms with Gasteiger partial charge in [0.05, 0.1) is 17.7 Å². The highest BCUT2D eigenvalue weighted by atomic mass is 16.6. The number of unbranched alkanes of at least 4 members (excludes halogenated alkanes) is 1. The normalized spacial score (nSPS) is 10.5. The number of benzene rings is 1. The van der Waals surface area contributed by atoms with Gasteiger partial charge in [-0.15, -0.1) is 0 Å². The lowest BCUT2D eigenvalue weighted by atomic mass is 10.2. The van der Waals surface area contributed by atoms with Gasteiger partial charge in [-0.25, -0.2) is 0 Å². The Morgan fingerprint density at radius 2 is 1.87 bits per heavy atom. The van der Waals surface area contributed by atoms with Gasteiger partial charge in [0.1, 0.15) is 5.75 Å². The van der Waals surface area contributed by atoms with E-state index in [9.17, 15) is 14.9 Å². The van der Waals surface area contributed by atoms with Crippen molar-refractivity contribution >= 4 is 5.69 Å². The predicted molar refractivity (Wildman–Crippen MR) is 88.0 cm³/mol. The Bertz CT molecular complexity index is 735. The maximum absolute atomic E-state index is 12.0. The summed E-state index contributed by atoms with van der Waals surface area (Å²) in [5, 5.41) is 10.8. The van der Waals surface area contributed by atoms with Crippen LogP contribution in [0.2, 0.25) is 0 Å². The molecule has 6 heteroatoms. The van der Waals surface area contributed by atoms with Gasteiger partial charge >= 0.3 is 0 Å². The standard InChI is InChI=1S/C17H20N2O4/c1-13-5-7-16(8-6-13)23-10-4-3-9-18-12-15(19(21)22)11-14(2)17(18)20/h5-8,11-12H,3-4,9-10H2,1-2H3. The molecule has 122 valence electrons. The van der Waals surface area contributed by atoms with Crippen molar-refractivity contribution in [2.45, 2.75) is 33.2 Å². The van der Waals surface area contributed by atoms with Gasteiger partial charge < -0.3 is 9.30 Å². The monoisotopic (exact) mass is 316 g/mol. The van der Waals surface area contributed by atoms with Crippen molar-refractivity contribution in [2.24, 2.45) is 0 Å². The fourth-order valence-corrected chi connectivity index (χ4v) is 2.24. The van der Waals surface area contributed by atoms with E-state index in [2.05, 4.69) is 0 Å². The molecule has 2 rings (SSSR count). The summed E-state index contributed by atoms with van der Waals surface area (Å²) in [5.74, 6) is 0.818. The third kappa shape index (κ3) is 4.67.